The molecule has 0 radical (unpaired) electrons. The van der Waals surface area contributed by atoms with E-state index in [9.17, 15) is 14.4 Å². The van der Waals surface area contributed by atoms with Gasteiger partial charge in [-0.15, -0.1) is 0 Å². The van der Waals surface area contributed by atoms with Crippen LogP contribution in [0, 0.1) is 0 Å². The Morgan fingerprint density at radius 3 is 2.97 bits per heavy atom. The van der Waals surface area contributed by atoms with Gasteiger partial charge in [0.2, 0.25) is 0 Å². The fourth-order valence-corrected chi connectivity index (χ4v) is 4.91. The maximum absolute atomic E-state index is 12.6. The number of aromatic nitrogens is 1. The quantitative estimate of drug-likeness (QED) is 0.628. The van der Waals surface area contributed by atoms with Crippen molar-refractivity contribution in [2.24, 2.45) is 0 Å². The number of halogens is 1. The molecule has 0 bridgehead atoms. The number of carbonyl (C=O) groups excluding carboxylic acids is 3. The van der Waals surface area contributed by atoms with Gasteiger partial charge in [0.05, 0.1) is 23.4 Å². The van der Waals surface area contributed by atoms with Gasteiger partial charge < -0.3 is 19.1 Å². The molecule has 3 aliphatic rings. The highest BCUT2D eigenvalue weighted by Crippen LogP contribution is 2.41. The first kappa shape index (κ1) is 20.2. The maximum Gasteiger partial charge on any atom is 0.415 e. The molecular formula is C20H18ClN3O6S. The molecule has 0 aliphatic carbocycles. The topological polar surface area (TPSA) is 98.3 Å². The Morgan fingerprint density at radius 2 is 2.19 bits per heavy atom. The second-order valence-electron chi connectivity index (χ2n) is 7.36. The fraction of sp³-hybridized carbons (Fsp3) is 0.400. The van der Waals surface area contributed by atoms with Crippen molar-refractivity contribution in [1.29, 1.82) is 0 Å². The molecule has 0 N–H and O–H groups in total. The average molecular weight is 464 g/mol. The van der Waals surface area contributed by atoms with Crippen molar-refractivity contribution in [2.45, 2.75) is 25.0 Å². The van der Waals surface area contributed by atoms with Crippen molar-refractivity contribution in [1.82, 2.24) is 4.98 Å². The summed E-state index contributed by atoms with van der Waals surface area (Å²) in [7, 11) is 0. The molecule has 1 aromatic carbocycles. The average Bonchev–Trinajstić information content (AvgIpc) is 3.35. The van der Waals surface area contributed by atoms with Crippen molar-refractivity contribution in [3.8, 4) is 5.75 Å². The monoisotopic (exact) mass is 463 g/mol. The zero-order valence-electron chi connectivity index (χ0n) is 16.3. The molecule has 5 rings (SSSR count). The Hall–Kier alpha value is -2.69. The molecule has 0 unspecified atom stereocenters. The van der Waals surface area contributed by atoms with Crippen molar-refractivity contribution < 1.29 is 28.6 Å². The summed E-state index contributed by atoms with van der Waals surface area (Å²) in [5, 5.41) is 0. The van der Waals surface area contributed by atoms with Crippen LogP contribution < -0.4 is 14.5 Å². The largest absolute Gasteiger partial charge is 0.489 e. The second kappa shape index (κ2) is 8.10. The summed E-state index contributed by atoms with van der Waals surface area (Å²) in [6.07, 6.45) is 1.11. The molecule has 162 valence electrons. The summed E-state index contributed by atoms with van der Waals surface area (Å²) in [6.45, 7) is 1.22. The highest BCUT2D eigenvalue weighted by molar-refractivity contribution is 7.17. The summed E-state index contributed by atoms with van der Waals surface area (Å²) in [4.78, 5) is 44.6. The van der Waals surface area contributed by atoms with Crippen molar-refractivity contribution >= 4 is 52.1 Å². The SMILES string of the molecule is O=C(CC[C@@H]1OC(=O)N2c3ccc(N4CCOCC4=O)cc3OC[C@@H]12)c1cnc(Cl)s1. The lowest BCUT2D eigenvalue weighted by Crippen LogP contribution is -2.45. The van der Waals surface area contributed by atoms with Gasteiger partial charge in [0, 0.05) is 24.7 Å². The third kappa shape index (κ3) is 3.75. The number of rotatable bonds is 5. The number of cyclic esters (lactones) is 1. The number of nitrogens with zero attached hydrogens (tertiary/aromatic N) is 3. The number of ether oxygens (including phenoxy) is 3. The number of anilines is 2. The van der Waals surface area contributed by atoms with Crippen molar-refractivity contribution in [3.63, 3.8) is 0 Å². The maximum atomic E-state index is 12.6. The number of fused-ring (bicyclic) bond motifs is 3. The molecule has 11 heteroatoms. The molecule has 2 aromatic rings. The molecule has 2 amide bonds. The van der Waals surface area contributed by atoms with E-state index >= 15 is 0 Å². The molecule has 2 saturated heterocycles. The van der Waals surface area contributed by atoms with Gasteiger partial charge in [-0.2, -0.15) is 0 Å². The van der Waals surface area contributed by atoms with E-state index in [2.05, 4.69) is 4.98 Å². The molecule has 0 spiro atoms. The number of Topliss-reactive ketones (excluding diaryl/α,β-unsaturated/α-hetero) is 1. The highest BCUT2D eigenvalue weighted by Gasteiger charge is 2.46. The van der Waals surface area contributed by atoms with Crippen LogP contribution in [0.25, 0.3) is 0 Å². The first-order chi connectivity index (χ1) is 15.0. The minimum atomic E-state index is -0.469. The third-order valence-corrected chi connectivity index (χ3v) is 6.68. The first-order valence-electron chi connectivity index (χ1n) is 9.80. The van der Waals surface area contributed by atoms with Gasteiger partial charge in [-0.05, 0) is 18.6 Å². The Kier molecular flexibility index (Phi) is 5.28. The Balaban J connectivity index is 1.30. The van der Waals surface area contributed by atoms with E-state index in [-0.39, 0.29) is 37.4 Å². The van der Waals surface area contributed by atoms with Crippen molar-refractivity contribution in [3.05, 3.63) is 33.7 Å². The normalized spacial score (nSPS) is 22.6. The van der Waals surface area contributed by atoms with Gasteiger partial charge in [0.1, 0.15) is 31.1 Å². The lowest BCUT2D eigenvalue weighted by Gasteiger charge is -2.33. The first-order valence-corrected chi connectivity index (χ1v) is 11.0. The van der Waals surface area contributed by atoms with Crippen LogP contribution in [0.2, 0.25) is 4.47 Å². The number of benzene rings is 1. The molecular weight excluding hydrogens is 446 g/mol. The minimum Gasteiger partial charge on any atom is -0.489 e. The van der Waals surface area contributed by atoms with E-state index in [4.69, 9.17) is 25.8 Å². The Bertz CT molecular complexity index is 1060. The van der Waals surface area contributed by atoms with Crippen LogP contribution in [-0.2, 0) is 14.3 Å². The van der Waals surface area contributed by atoms with Crippen LogP contribution >= 0.6 is 22.9 Å². The lowest BCUT2D eigenvalue weighted by molar-refractivity contribution is -0.125. The van der Waals surface area contributed by atoms with E-state index < -0.39 is 12.2 Å². The standard InChI is InChI=1S/C20H18ClN3O6S/c21-19-22-8-17(31-19)14(25)3-4-15-13-9-29-16-7-11(23-5-6-28-10-18(23)26)1-2-12(16)24(13)20(27)30-15/h1-2,7-8,13,15H,3-6,9-10H2/t13-,15-/m0/s1. The van der Waals surface area contributed by atoms with Gasteiger partial charge >= 0.3 is 6.09 Å². The zero-order chi connectivity index (χ0) is 21.5. The Labute approximate surface area is 186 Å². The summed E-state index contributed by atoms with van der Waals surface area (Å²) in [5.74, 6) is 0.310. The molecule has 4 heterocycles. The summed E-state index contributed by atoms with van der Waals surface area (Å²) < 4.78 is 17.0. The van der Waals surface area contributed by atoms with Crippen molar-refractivity contribution in [2.75, 3.05) is 36.2 Å². The molecule has 2 atom stereocenters. The highest BCUT2D eigenvalue weighted by atomic mass is 35.5. The number of hydrogen-bond donors (Lipinski definition) is 0. The lowest BCUT2D eigenvalue weighted by atomic mass is 10.0. The van der Waals surface area contributed by atoms with E-state index in [1.165, 1.54) is 6.20 Å². The molecule has 2 fully saturated rings. The second-order valence-corrected chi connectivity index (χ2v) is 8.97. The molecule has 31 heavy (non-hydrogen) atoms. The smallest absolute Gasteiger partial charge is 0.415 e. The number of amides is 2. The molecule has 0 saturated carbocycles. The molecule has 3 aliphatic heterocycles. The van der Waals surface area contributed by atoms with Crippen LogP contribution in [0.1, 0.15) is 22.5 Å². The van der Waals surface area contributed by atoms with Crippen LogP contribution in [0.5, 0.6) is 5.75 Å². The van der Waals surface area contributed by atoms with Gasteiger partial charge in [-0.25, -0.2) is 9.78 Å². The fourth-order valence-electron chi connectivity index (χ4n) is 4.01. The van der Waals surface area contributed by atoms with Gasteiger partial charge in [0.15, 0.2) is 10.3 Å². The minimum absolute atomic E-state index is 0.0482. The van der Waals surface area contributed by atoms with Crippen LogP contribution in [-0.4, -0.2) is 61.3 Å². The summed E-state index contributed by atoms with van der Waals surface area (Å²) >= 11 is 6.92. The predicted octanol–water partition coefficient (Wildman–Crippen LogP) is 2.91. The number of morpholine rings is 1. The summed E-state index contributed by atoms with van der Waals surface area (Å²) in [6, 6.07) is 4.97. The van der Waals surface area contributed by atoms with Gasteiger partial charge in [-0.1, -0.05) is 22.9 Å². The molecule has 1 aromatic heterocycles. The number of hydrogen-bond acceptors (Lipinski definition) is 8. The zero-order valence-corrected chi connectivity index (χ0v) is 17.9. The van der Waals surface area contributed by atoms with E-state index in [0.717, 1.165) is 11.3 Å². The van der Waals surface area contributed by atoms with E-state index in [1.54, 1.807) is 28.0 Å². The molecule has 9 nitrogen and oxygen atoms in total. The Morgan fingerprint density at radius 1 is 1.32 bits per heavy atom. The van der Waals surface area contributed by atoms with Crippen LogP contribution in [0.3, 0.4) is 0 Å². The number of carbonyl (C=O) groups is 3. The van der Waals surface area contributed by atoms with Crippen LogP contribution in [0.15, 0.2) is 24.4 Å². The van der Waals surface area contributed by atoms with E-state index in [0.29, 0.717) is 46.0 Å². The number of ketones is 1. The predicted molar refractivity (Wildman–Crippen MR) is 112 cm³/mol. The third-order valence-electron chi connectivity index (χ3n) is 5.53. The summed E-state index contributed by atoms with van der Waals surface area (Å²) in [5.41, 5.74) is 1.29. The van der Waals surface area contributed by atoms with Gasteiger partial charge in [-0.3, -0.25) is 14.5 Å². The van der Waals surface area contributed by atoms with Crippen LogP contribution in [0.4, 0.5) is 16.2 Å². The van der Waals surface area contributed by atoms with Gasteiger partial charge in [0.25, 0.3) is 5.91 Å². The number of thiazole rings is 1. The van der Waals surface area contributed by atoms with E-state index in [1.807, 2.05) is 0 Å².